The molecule has 4 heterocycles. The third-order valence-electron chi connectivity index (χ3n) is 7.21. The first-order valence-electron chi connectivity index (χ1n) is 11.7. The number of hydrogen-bond acceptors (Lipinski definition) is 6. The summed E-state index contributed by atoms with van der Waals surface area (Å²) in [7, 11) is 4.21. The molecule has 0 aliphatic carbocycles. The van der Waals surface area contributed by atoms with Crippen molar-refractivity contribution in [3.63, 3.8) is 0 Å². The molecule has 176 valence electrons. The molecule has 1 aromatic carbocycles. The molecule has 1 amide bonds. The van der Waals surface area contributed by atoms with Crippen LogP contribution in [0.5, 0.6) is 5.75 Å². The van der Waals surface area contributed by atoms with E-state index in [1.54, 1.807) is 0 Å². The summed E-state index contributed by atoms with van der Waals surface area (Å²) in [5.41, 5.74) is 1.89. The zero-order valence-corrected chi connectivity index (χ0v) is 20.5. The minimum atomic E-state index is -0.174. The molecule has 2 fully saturated rings. The number of hydrogen-bond donors (Lipinski definition) is 1. The van der Waals surface area contributed by atoms with Crippen LogP contribution in [0.3, 0.4) is 0 Å². The third kappa shape index (κ3) is 3.86. The van der Waals surface area contributed by atoms with E-state index >= 15 is 0 Å². The predicted octanol–water partition coefficient (Wildman–Crippen LogP) is 3.13. The zero-order valence-electron chi connectivity index (χ0n) is 19.8. The number of halogens is 1. The molecule has 5 rings (SSSR count). The van der Waals surface area contributed by atoms with Crippen molar-refractivity contribution in [3.05, 3.63) is 40.9 Å². The number of carbonyl (C=O) groups excluding carboxylic acids is 1. The van der Waals surface area contributed by atoms with Crippen LogP contribution in [-0.4, -0.2) is 85.2 Å². The van der Waals surface area contributed by atoms with Crippen LogP contribution in [0.1, 0.15) is 30.6 Å². The Morgan fingerprint density at radius 2 is 2.00 bits per heavy atom. The van der Waals surface area contributed by atoms with Crippen LogP contribution in [0.2, 0.25) is 5.02 Å². The van der Waals surface area contributed by atoms with E-state index in [9.17, 15) is 4.79 Å². The molecule has 0 radical (unpaired) electrons. The lowest BCUT2D eigenvalue weighted by Crippen LogP contribution is -2.55. The number of rotatable bonds is 3. The highest BCUT2D eigenvalue weighted by atomic mass is 35.5. The van der Waals surface area contributed by atoms with E-state index < -0.39 is 0 Å². The van der Waals surface area contributed by atoms with Crippen molar-refractivity contribution in [3.8, 4) is 17.0 Å². The van der Waals surface area contributed by atoms with Gasteiger partial charge in [-0.2, -0.15) is 0 Å². The first kappa shape index (κ1) is 22.4. The molecule has 0 saturated carbocycles. The maximum absolute atomic E-state index is 14.0. The average Bonchev–Trinajstić information content (AvgIpc) is 3.05. The van der Waals surface area contributed by atoms with Gasteiger partial charge < -0.3 is 24.8 Å². The van der Waals surface area contributed by atoms with E-state index in [-0.39, 0.29) is 17.5 Å². The smallest absolute Gasteiger partial charge is 0.261 e. The maximum Gasteiger partial charge on any atom is 0.261 e. The number of anilines is 1. The van der Waals surface area contributed by atoms with Gasteiger partial charge in [0.2, 0.25) is 0 Å². The lowest BCUT2D eigenvalue weighted by Gasteiger charge is -2.36. The molecule has 3 aliphatic rings. The van der Waals surface area contributed by atoms with Gasteiger partial charge in [-0.3, -0.25) is 4.79 Å². The molecule has 33 heavy (non-hydrogen) atoms. The van der Waals surface area contributed by atoms with Crippen molar-refractivity contribution < 1.29 is 9.53 Å². The van der Waals surface area contributed by atoms with Crippen molar-refractivity contribution in [2.45, 2.75) is 37.9 Å². The van der Waals surface area contributed by atoms with Crippen LogP contribution in [-0.2, 0) is 0 Å². The predicted molar refractivity (Wildman–Crippen MR) is 131 cm³/mol. The minimum Gasteiger partial charge on any atom is -0.489 e. The number of fused-ring (bicyclic) bond motifs is 2. The van der Waals surface area contributed by atoms with Gasteiger partial charge >= 0.3 is 0 Å². The highest BCUT2D eigenvalue weighted by molar-refractivity contribution is 6.35. The van der Waals surface area contributed by atoms with Gasteiger partial charge in [0.15, 0.2) is 5.75 Å². The Labute approximate surface area is 200 Å². The topological polar surface area (TPSA) is 60.9 Å². The van der Waals surface area contributed by atoms with Gasteiger partial charge in [0.1, 0.15) is 23.0 Å². The molecule has 0 bridgehead atoms. The Morgan fingerprint density at radius 3 is 2.70 bits per heavy atom. The van der Waals surface area contributed by atoms with Crippen molar-refractivity contribution in [1.82, 2.24) is 20.1 Å². The lowest BCUT2D eigenvalue weighted by molar-refractivity contribution is 0.0606. The summed E-state index contributed by atoms with van der Waals surface area (Å²) in [5.74, 6) is 1.10. The lowest BCUT2D eigenvalue weighted by atomic mass is 9.99. The van der Waals surface area contributed by atoms with Crippen LogP contribution in [0.4, 0.5) is 5.82 Å². The van der Waals surface area contributed by atoms with E-state index in [0.717, 1.165) is 25.1 Å². The fourth-order valence-electron chi connectivity index (χ4n) is 5.27. The molecule has 0 spiro atoms. The Hall–Kier alpha value is -2.35. The van der Waals surface area contributed by atoms with Crippen molar-refractivity contribution >= 4 is 23.3 Å². The zero-order chi connectivity index (χ0) is 23.3. The first-order valence-corrected chi connectivity index (χ1v) is 12.0. The summed E-state index contributed by atoms with van der Waals surface area (Å²) < 4.78 is 6.31. The summed E-state index contributed by atoms with van der Waals surface area (Å²) >= 11 is 6.92. The fourth-order valence-corrected chi connectivity index (χ4v) is 5.57. The van der Waals surface area contributed by atoms with Gasteiger partial charge in [-0.05, 0) is 34.4 Å². The third-order valence-corrected chi connectivity index (χ3v) is 7.56. The molecular weight excluding hydrogens is 438 g/mol. The molecule has 7 nitrogen and oxygen atoms in total. The van der Waals surface area contributed by atoms with Crippen LogP contribution >= 0.6 is 11.6 Å². The number of amides is 1. The normalized spacial score (nSPS) is 24.4. The molecule has 3 aliphatic heterocycles. The maximum atomic E-state index is 14.0. The summed E-state index contributed by atoms with van der Waals surface area (Å²) in [4.78, 5) is 25.5. The van der Waals surface area contributed by atoms with E-state index in [1.807, 2.05) is 35.2 Å². The van der Waals surface area contributed by atoms with Crippen LogP contribution < -0.4 is 15.0 Å². The number of nitrogens with one attached hydrogen (secondary N) is 1. The Morgan fingerprint density at radius 1 is 1.24 bits per heavy atom. The van der Waals surface area contributed by atoms with Gasteiger partial charge in [0.25, 0.3) is 5.91 Å². The van der Waals surface area contributed by atoms with Gasteiger partial charge in [-0.25, -0.2) is 4.98 Å². The number of likely N-dealkylation sites (N-methyl/N-ethyl adjacent to an activating group) is 1. The molecule has 1 N–H and O–H groups in total. The number of ether oxygens (including phenoxy) is 1. The molecule has 2 atom stereocenters. The Kier molecular flexibility index (Phi) is 5.75. The largest absolute Gasteiger partial charge is 0.489 e. The van der Waals surface area contributed by atoms with Crippen LogP contribution in [0.15, 0.2) is 30.3 Å². The van der Waals surface area contributed by atoms with Crippen LogP contribution in [0.25, 0.3) is 11.3 Å². The molecule has 2 unspecified atom stereocenters. The molecule has 8 heteroatoms. The van der Waals surface area contributed by atoms with Gasteiger partial charge in [-0.1, -0.05) is 41.9 Å². The SMILES string of the molecule is CN(C)C1CN(c2nc(-c3ccccc3)c(Cl)c3c2C(=O)N2CCNCC2CO3)C(C)(C)C1. The average molecular weight is 470 g/mol. The highest BCUT2D eigenvalue weighted by Crippen LogP contribution is 2.46. The second-order valence-corrected chi connectivity index (χ2v) is 10.5. The van der Waals surface area contributed by atoms with Crippen molar-refractivity contribution in [1.29, 1.82) is 0 Å². The fraction of sp³-hybridized carbons (Fsp3) is 0.520. The highest BCUT2D eigenvalue weighted by Gasteiger charge is 2.45. The van der Waals surface area contributed by atoms with Crippen molar-refractivity contribution in [2.75, 3.05) is 51.8 Å². The van der Waals surface area contributed by atoms with Crippen LogP contribution in [0, 0.1) is 0 Å². The van der Waals surface area contributed by atoms with E-state index in [0.29, 0.717) is 53.6 Å². The van der Waals surface area contributed by atoms with E-state index in [1.165, 1.54) is 0 Å². The number of carbonyl (C=O) groups is 1. The monoisotopic (exact) mass is 469 g/mol. The molecule has 2 saturated heterocycles. The second-order valence-electron chi connectivity index (χ2n) is 10.1. The standard InChI is InChI=1S/C25H32ClN5O2/c1-25(2)12-17(29(3)4)14-31(25)23-19-22(20(26)21(28-23)16-8-6-5-7-9-16)33-15-18-13-27-10-11-30(18)24(19)32/h5-9,17-18,27H,10-15H2,1-4H3. The minimum absolute atomic E-state index is 0.0242. The Bertz CT molecular complexity index is 1060. The van der Waals surface area contributed by atoms with Gasteiger partial charge in [0.05, 0.1) is 11.7 Å². The number of pyridine rings is 1. The van der Waals surface area contributed by atoms with Gasteiger partial charge in [-0.15, -0.1) is 0 Å². The number of benzene rings is 1. The molecule has 2 aromatic rings. The summed E-state index contributed by atoms with van der Waals surface area (Å²) in [6, 6.07) is 10.2. The summed E-state index contributed by atoms with van der Waals surface area (Å²) in [6.07, 6.45) is 0.977. The quantitative estimate of drug-likeness (QED) is 0.745. The summed E-state index contributed by atoms with van der Waals surface area (Å²) in [6.45, 7) is 7.76. The first-order chi connectivity index (χ1) is 15.8. The number of aromatic nitrogens is 1. The van der Waals surface area contributed by atoms with Crippen molar-refractivity contribution in [2.24, 2.45) is 0 Å². The molecule has 1 aromatic heterocycles. The number of nitrogens with zero attached hydrogens (tertiary/aromatic N) is 4. The van der Waals surface area contributed by atoms with Gasteiger partial charge in [0, 0.05) is 43.3 Å². The number of piperazine rings is 1. The second kappa shape index (κ2) is 8.46. The summed E-state index contributed by atoms with van der Waals surface area (Å²) in [5, 5.41) is 3.78. The van der Waals surface area contributed by atoms with E-state index in [2.05, 4.69) is 43.1 Å². The Balaban J connectivity index is 1.72. The molecular formula is C25H32ClN5O2. The van der Waals surface area contributed by atoms with E-state index in [4.69, 9.17) is 21.3 Å².